The zero-order chi connectivity index (χ0) is 31.9. The fourth-order valence-electron chi connectivity index (χ4n) is 18.2. The summed E-state index contributed by atoms with van der Waals surface area (Å²) in [6, 6.07) is 0.907. The average molecular weight is 655 g/mol. The summed E-state index contributed by atoms with van der Waals surface area (Å²) in [6.07, 6.45) is 36.1. The van der Waals surface area contributed by atoms with Gasteiger partial charge in [0.15, 0.2) is 0 Å². The number of carbonyl (C=O) groups excluding carboxylic acids is 2. The number of amides is 2. The summed E-state index contributed by atoms with van der Waals surface area (Å²) in [5.41, 5.74) is -0.107. The Hall–Kier alpha value is -1.06. The van der Waals surface area contributed by atoms with Crippen LogP contribution in [-0.2, 0) is 9.59 Å². The molecular formula is C44H66N2O2. The Morgan fingerprint density at radius 3 is 0.979 bits per heavy atom. The number of rotatable bonds is 6. The zero-order valence-electron chi connectivity index (χ0n) is 30.3. The summed E-state index contributed by atoms with van der Waals surface area (Å²) < 4.78 is 0. The molecule has 0 spiro atoms. The van der Waals surface area contributed by atoms with Gasteiger partial charge in [-0.2, -0.15) is 0 Å². The van der Waals surface area contributed by atoms with Gasteiger partial charge in [0, 0.05) is 23.2 Å². The Morgan fingerprint density at radius 1 is 0.375 bits per heavy atom. The monoisotopic (exact) mass is 655 g/mol. The molecular weight excluding hydrogens is 588 g/mol. The smallest absolute Gasteiger partial charge is 0.229 e. The molecule has 0 radical (unpaired) electrons. The van der Waals surface area contributed by atoms with E-state index in [0.29, 0.717) is 35.7 Å². The van der Waals surface area contributed by atoms with E-state index in [1.165, 1.54) is 173 Å². The summed E-state index contributed by atoms with van der Waals surface area (Å²) in [5.74, 6) is 7.61. The quantitative estimate of drug-likeness (QED) is 0.286. The van der Waals surface area contributed by atoms with Crippen molar-refractivity contribution in [2.24, 2.45) is 58.2 Å². The predicted molar refractivity (Wildman–Crippen MR) is 189 cm³/mol. The van der Waals surface area contributed by atoms with E-state index in [4.69, 9.17) is 0 Å². The molecule has 2 amide bonds. The minimum absolute atomic E-state index is 0.00116. The number of carbonyl (C=O) groups is 2. The minimum Gasteiger partial charge on any atom is -0.333 e. The lowest BCUT2D eigenvalue weighted by atomic mass is 9.46. The molecule has 0 heterocycles. The van der Waals surface area contributed by atoms with Crippen LogP contribution < -0.4 is 0 Å². The van der Waals surface area contributed by atoms with E-state index in [-0.39, 0.29) is 21.9 Å². The zero-order valence-corrected chi connectivity index (χ0v) is 30.3. The van der Waals surface area contributed by atoms with Crippen LogP contribution in [0.15, 0.2) is 0 Å². The fraction of sp³-hybridized carbons (Fsp3) is 0.955. The number of hydrogen-bond acceptors (Lipinski definition) is 2. The molecule has 14 rings (SSSR count). The second-order valence-electron chi connectivity index (χ2n) is 21.7. The molecule has 0 aromatic carbocycles. The molecule has 14 aliphatic carbocycles. The van der Waals surface area contributed by atoms with Crippen molar-refractivity contribution >= 4 is 11.8 Å². The van der Waals surface area contributed by atoms with Crippen LogP contribution in [0, 0.1) is 58.2 Å². The molecule has 14 saturated carbocycles. The van der Waals surface area contributed by atoms with Gasteiger partial charge in [0.05, 0.1) is 10.8 Å². The third-order valence-corrected chi connectivity index (χ3v) is 18.3. The first-order chi connectivity index (χ1) is 23.3. The first kappa shape index (κ1) is 30.6. The van der Waals surface area contributed by atoms with Gasteiger partial charge in [0.2, 0.25) is 11.8 Å². The van der Waals surface area contributed by atoms with E-state index >= 15 is 9.59 Å². The molecule has 0 aromatic rings. The maximum atomic E-state index is 15.8. The van der Waals surface area contributed by atoms with Crippen molar-refractivity contribution in [3.63, 3.8) is 0 Å². The first-order valence-electron chi connectivity index (χ1n) is 22.0. The van der Waals surface area contributed by atoms with Gasteiger partial charge in [0.1, 0.15) is 0 Å². The van der Waals surface area contributed by atoms with Crippen LogP contribution in [0.25, 0.3) is 0 Å². The summed E-state index contributed by atoms with van der Waals surface area (Å²) in [5, 5.41) is 0. The summed E-state index contributed by atoms with van der Waals surface area (Å²) >= 11 is 0. The van der Waals surface area contributed by atoms with Crippen molar-refractivity contribution in [2.45, 2.75) is 203 Å². The summed E-state index contributed by atoms with van der Waals surface area (Å²) in [6.45, 7) is 0. The van der Waals surface area contributed by atoms with Crippen molar-refractivity contribution in [3.05, 3.63) is 0 Å². The van der Waals surface area contributed by atoms with E-state index < -0.39 is 0 Å². The van der Waals surface area contributed by atoms with Crippen molar-refractivity contribution in [3.8, 4) is 0 Å². The lowest BCUT2D eigenvalue weighted by Gasteiger charge is -2.70. The second kappa shape index (κ2) is 10.7. The normalized spacial score (nSPS) is 51.8. The molecule has 0 unspecified atom stereocenters. The van der Waals surface area contributed by atoms with Gasteiger partial charge in [-0.15, -0.1) is 0 Å². The molecule has 12 bridgehead atoms. The molecule has 0 atom stereocenters. The van der Waals surface area contributed by atoms with Gasteiger partial charge < -0.3 is 9.80 Å². The van der Waals surface area contributed by atoms with E-state index in [1.807, 2.05) is 0 Å². The van der Waals surface area contributed by atoms with Gasteiger partial charge in [0.25, 0.3) is 0 Å². The van der Waals surface area contributed by atoms with Crippen molar-refractivity contribution in [1.82, 2.24) is 9.80 Å². The molecule has 0 aliphatic heterocycles. The van der Waals surface area contributed by atoms with Crippen molar-refractivity contribution < 1.29 is 9.59 Å². The molecule has 4 heteroatoms. The molecule has 0 N–H and O–H groups in total. The Balaban J connectivity index is 0.995. The van der Waals surface area contributed by atoms with Crippen LogP contribution in [0.3, 0.4) is 0 Å². The summed E-state index contributed by atoms with van der Waals surface area (Å²) in [7, 11) is 0. The standard InChI is InChI=1S/C44H66N2O2/c47-39(41-18-29-11-30(19-41)13-31(12-29)20-41)45(37-7-3-1-4-8-37)43-24-35-17-36(25-43)27-44(26-35,28-43)46(38-9-5-2-6-10-38)40(48)42-21-32-14-33(22-42)16-34(15-32)23-42/h29-38H,1-28H2. The third kappa shape index (κ3) is 4.49. The molecule has 14 fully saturated rings. The Morgan fingerprint density at radius 2 is 0.667 bits per heavy atom. The predicted octanol–water partition coefficient (Wildman–Crippen LogP) is 9.83. The molecule has 0 saturated heterocycles. The van der Waals surface area contributed by atoms with E-state index in [0.717, 1.165) is 41.9 Å². The first-order valence-corrected chi connectivity index (χ1v) is 22.0. The van der Waals surface area contributed by atoms with Crippen LogP contribution in [0.5, 0.6) is 0 Å². The average Bonchev–Trinajstić information content (AvgIpc) is 3.04. The minimum atomic E-state index is -0.0548. The van der Waals surface area contributed by atoms with Crippen LogP contribution in [0.1, 0.15) is 180 Å². The fourth-order valence-corrected chi connectivity index (χ4v) is 18.2. The lowest BCUT2D eigenvalue weighted by molar-refractivity contribution is -0.205. The Labute approximate surface area is 291 Å². The third-order valence-electron chi connectivity index (χ3n) is 18.3. The Bertz CT molecular complexity index is 1140. The van der Waals surface area contributed by atoms with E-state index in [9.17, 15) is 0 Å². The van der Waals surface area contributed by atoms with Crippen molar-refractivity contribution in [2.75, 3.05) is 0 Å². The maximum Gasteiger partial charge on any atom is 0.229 e. The largest absolute Gasteiger partial charge is 0.333 e. The number of nitrogens with zero attached hydrogens (tertiary/aromatic N) is 2. The van der Waals surface area contributed by atoms with Gasteiger partial charge in [-0.05, 0) is 189 Å². The lowest BCUT2D eigenvalue weighted by Crippen LogP contribution is -2.75. The van der Waals surface area contributed by atoms with E-state index in [1.54, 1.807) is 0 Å². The van der Waals surface area contributed by atoms with E-state index in [2.05, 4.69) is 9.80 Å². The second-order valence-corrected chi connectivity index (χ2v) is 21.7. The van der Waals surface area contributed by atoms with Gasteiger partial charge in [-0.1, -0.05) is 38.5 Å². The van der Waals surface area contributed by atoms with Gasteiger partial charge in [-0.25, -0.2) is 0 Å². The van der Waals surface area contributed by atoms with Gasteiger partial charge in [-0.3, -0.25) is 9.59 Å². The van der Waals surface area contributed by atoms with Gasteiger partial charge >= 0.3 is 0 Å². The maximum absolute atomic E-state index is 15.8. The SMILES string of the molecule is O=C(N(C1CCCCC1)C12CC3CC(C1)CC(N(C(=O)C14CC5CC(CC(C5)C1)C4)C1CCCCC1)(C3)C2)C12CC3CC(CC(C3)C1)C2. The highest BCUT2D eigenvalue weighted by atomic mass is 16.2. The number of hydrogen-bond donors (Lipinski definition) is 0. The van der Waals surface area contributed by atoms with Crippen LogP contribution >= 0.6 is 0 Å². The highest BCUT2D eigenvalue weighted by molar-refractivity contribution is 5.86. The molecule has 264 valence electrons. The summed E-state index contributed by atoms with van der Waals surface area (Å²) in [4.78, 5) is 37.1. The van der Waals surface area contributed by atoms with Crippen LogP contribution in [-0.4, -0.2) is 44.8 Å². The van der Waals surface area contributed by atoms with Crippen molar-refractivity contribution in [1.29, 1.82) is 0 Å². The molecule has 4 nitrogen and oxygen atoms in total. The molecule has 14 aliphatic rings. The van der Waals surface area contributed by atoms with Crippen LogP contribution in [0.4, 0.5) is 0 Å². The molecule has 0 aromatic heterocycles. The highest BCUT2D eigenvalue weighted by Gasteiger charge is 2.68. The van der Waals surface area contributed by atoms with Crippen LogP contribution in [0.2, 0.25) is 0 Å². The highest BCUT2D eigenvalue weighted by Crippen LogP contribution is 2.67. The topological polar surface area (TPSA) is 40.6 Å². The molecule has 48 heavy (non-hydrogen) atoms. The Kier molecular flexibility index (Phi) is 6.84.